The minimum absolute atomic E-state index is 0.0326. The predicted molar refractivity (Wildman–Crippen MR) is 114 cm³/mol. The van der Waals surface area contributed by atoms with E-state index in [0.29, 0.717) is 12.1 Å². The van der Waals surface area contributed by atoms with Crippen molar-refractivity contribution < 1.29 is 4.79 Å². The van der Waals surface area contributed by atoms with Crippen LogP contribution < -0.4 is 10.6 Å². The van der Waals surface area contributed by atoms with Crippen molar-refractivity contribution in [2.75, 3.05) is 33.7 Å². The Bertz CT molecular complexity index is 632. The zero-order valence-electron chi connectivity index (χ0n) is 17.4. The Kier molecular flexibility index (Phi) is 7.71. The van der Waals surface area contributed by atoms with Crippen LogP contribution in [-0.2, 0) is 11.3 Å². The normalized spacial score (nSPS) is 19.6. The van der Waals surface area contributed by atoms with Crippen LogP contribution in [0.4, 0.5) is 0 Å². The maximum absolute atomic E-state index is 11.9. The molecule has 0 spiro atoms. The molecule has 2 aliphatic rings. The Morgan fingerprint density at radius 1 is 1.04 bits per heavy atom. The fourth-order valence-electron chi connectivity index (χ4n) is 3.95. The SMILES string of the molecule is CN(C)C(=O)CN=C(NC1CCCC1)NC1CCN(Cc2ccccc2)CC1. The molecule has 2 N–H and O–H groups in total. The fraction of sp³-hybridized carbons (Fsp3) is 0.636. The van der Waals surface area contributed by atoms with E-state index in [9.17, 15) is 4.79 Å². The van der Waals surface area contributed by atoms with Gasteiger partial charge < -0.3 is 15.5 Å². The van der Waals surface area contributed by atoms with Gasteiger partial charge in [-0.1, -0.05) is 43.2 Å². The molecule has 2 fully saturated rings. The van der Waals surface area contributed by atoms with Gasteiger partial charge in [0.1, 0.15) is 6.54 Å². The van der Waals surface area contributed by atoms with Crippen molar-refractivity contribution in [1.29, 1.82) is 0 Å². The zero-order chi connectivity index (χ0) is 19.8. The lowest BCUT2D eigenvalue weighted by molar-refractivity contribution is -0.127. The number of nitrogens with one attached hydrogen (secondary N) is 2. The second kappa shape index (κ2) is 10.5. The van der Waals surface area contributed by atoms with E-state index < -0.39 is 0 Å². The summed E-state index contributed by atoms with van der Waals surface area (Å²) in [4.78, 5) is 20.6. The molecule has 1 aliphatic carbocycles. The number of guanidine groups is 1. The van der Waals surface area contributed by atoms with Gasteiger partial charge in [0, 0.05) is 45.8 Å². The number of carbonyl (C=O) groups is 1. The molecule has 3 rings (SSSR count). The van der Waals surface area contributed by atoms with Gasteiger partial charge in [0.2, 0.25) is 5.91 Å². The highest BCUT2D eigenvalue weighted by Crippen LogP contribution is 2.18. The molecule has 0 radical (unpaired) electrons. The van der Waals surface area contributed by atoms with Crippen LogP contribution in [0, 0.1) is 0 Å². The number of likely N-dealkylation sites (N-methyl/N-ethyl adjacent to an activating group) is 1. The summed E-state index contributed by atoms with van der Waals surface area (Å²) < 4.78 is 0. The van der Waals surface area contributed by atoms with E-state index in [1.807, 2.05) is 0 Å². The average molecular weight is 386 g/mol. The number of carbonyl (C=O) groups excluding carboxylic acids is 1. The molecule has 1 aromatic carbocycles. The molecule has 0 unspecified atom stereocenters. The lowest BCUT2D eigenvalue weighted by Crippen LogP contribution is -2.50. The zero-order valence-corrected chi connectivity index (χ0v) is 17.4. The molecule has 1 aromatic rings. The third-order valence-electron chi connectivity index (χ3n) is 5.74. The number of hydrogen-bond donors (Lipinski definition) is 2. The minimum Gasteiger partial charge on any atom is -0.354 e. The number of likely N-dealkylation sites (tertiary alicyclic amines) is 1. The monoisotopic (exact) mass is 385 g/mol. The van der Waals surface area contributed by atoms with Gasteiger partial charge in [-0.05, 0) is 31.2 Å². The number of piperidine rings is 1. The molecule has 28 heavy (non-hydrogen) atoms. The summed E-state index contributed by atoms with van der Waals surface area (Å²) >= 11 is 0. The highest BCUT2D eigenvalue weighted by molar-refractivity contribution is 5.85. The summed E-state index contributed by atoms with van der Waals surface area (Å²) in [6.45, 7) is 3.38. The molecular weight excluding hydrogens is 350 g/mol. The smallest absolute Gasteiger partial charge is 0.243 e. The van der Waals surface area contributed by atoms with Gasteiger partial charge in [-0.25, -0.2) is 4.99 Å². The standard InChI is InChI=1S/C22H35N5O/c1-26(2)21(28)16-23-22(24-19-10-6-7-11-19)25-20-12-14-27(15-13-20)17-18-8-4-3-5-9-18/h3-5,8-9,19-20H,6-7,10-17H2,1-2H3,(H2,23,24,25). The van der Waals surface area contributed by atoms with Crippen molar-refractivity contribution in [3.8, 4) is 0 Å². The van der Waals surface area contributed by atoms with Gasteiger partial charge in [-0.3, -0.25) is 9.69 Å². The molecule has 1 aliphatic heterocycles. The van der Waals surface area contributed by atoms with Crippen LogP contribution in [0.5, 0.6) is 0 Å². The van der Waals surface area contributed by atoms with E-state index in [0.717, 1.165) is 38.4 Å². The Morgan fingerprint density at radius 3 is 2.25 bits per heavy atom. The summed E-state index contributed by atoms with van der Waals surface area (Å²) in [5.41, 5.74) is 1.38. The summed E-state index contributed by atoms with van der Waals surface area (Å²) in [5.74, 6) is 0.841. The molecule has 1 heterocycles. The Hall–Kier alpha value is -2.08. The first-order valence-electron chi connectivity index (χ1n) is 10.6. The number of aliphatic imine (C=N–C) groups is 1. The van der Waals surface area contributed by atoms with Crippen molar-refractivity contribution in [3.63, 3.8) is 0 Å². The van der Waals surface area contributed by atoms with E-state index in [-0.39, 0.29) is 12.5 Å². The molecule has 0 bridgehead atoms. The van der Waals surface area contributed by atoms with Crippen LogP contribution in [0.15, 0.2) is 35.3 Å². The Morgan fingerprint density at radius 2 is 1.64 bits per heavy atom. The van der Waals surface area contributed by atoms with Gasteiger partial charge in [-0.15, -0.1) is 0 Å². The van der Waals surface area contributed by atoms with Gasteiger partial charge >= 0.3 is 0 Å². The third kappa shape index (κ3) is 6.51. The fourth-order valence-corrected chi connectivity index (χ4v) is 3.95. The summed E-state index contributed by atoms with van der Waals surface area (Å²) in [5, 5.41) is 7.17. The number of rotatable bonds is 6. The third-order valence-corrected chi connectivity index (χ3v) is 5.74. The summed E-state index contributed by atoms with van der Waals surface area (Å²) in [7, 11) is 3.55. The largest absolute Gasteiger partial charge is 0.354 e. The van der Waals surface area contributed by atoms with Crippen LogP contribution in [0.2, 0.25) is 0 Å². The maximum atomic E-state index is 11.9. The van der Waals surface area contributed by atoms with Gasteiger partial charge in [0.15, 0.2) is 5.96 Å². The molecule has 6 nitrogen and oxygen atoms in total. The van der Waals surface area contributed by atoms with Gasteiger partial charge in [0.25, 0.3) is 0 Å². The highest BCUT2D eigenvalue weighted by Gasteiger charge is 2.22. The molecular formula is C22H35N5O. The molecule has 1 amide bonds. The van der Waals surface area contributed by atoms with Crippen molar-refractivity contribution in [2.45, 2.75) is 57.2 Å². The topological polar surface area (TPSA) is 60.0 Å². The van der Waals surface area contributed by atoms with E-state index in [1.54, 1.807) is 19.0 Å². The van der Waals surface area contributed by atoms with Crippen molar-refractivity contribution in [3.05, 3.63) is 35.9 Å². The number of amides is 1. The Labute approximate surface area is 169 Å². The molecule has 6 heteroatoms. The molecule has 1 saturated heterocycles. The number of hydrogen-bond acceptors (Lipinski definition) is 3. The summed E-state index contributed by atoms with van der Waals surface area (Å²) in [6, 6.07) is 11.6. The van der Waals surface area contributed by atoms with E-state index >= 15 is 0 Å². The lowest BCUT2D eigenvalue weighted by Gasteiger charge is -2.33. The second-order valence-electron chi connectivity index (χ2n) is 8.26. The van der Waals surface area contributed by atoms with Crippen LogP contribution in [0.25, 0.3) is 0 Å². The average Bonchev–Trinajstić information content (AvgIpc) is 3.21. The molecule has 0 atom stereocenters. The van der Waals surface area contributed by atoms with Crippen LogP contribution >= 0.6 is 0 Å². The number of benzene rings is 1. The van der Waals surface area contributed by atoms with Crippen LogP contribution in [-0.4, -0.2) is 67.5 Å². The van der Waals surface area contributed by atoms with Gasteiger partial charge in [-0.2, -0.15) is 0 Å². The van der Waals surface area contributed by atoms with Crippen molar-refractivity contribution in [2.24, 2.45) is 4.99 Å². The first-order valence-corrected chi connectivity index (χ1v) is 10.6. The molecule has 1 saturated carbocycles. The first kappa shape index (κ1) is 20.6. The molecule has 0 aromatic heterocycles. The van der Waals surface area contributed by atoms with Gasteiger partial charge in [0.05, 0.1) is 0 Å². The van der Waals surface area contributed by atoms with Crippen LogP contribution in [0.1, 0.15) is 44.1 Å². The van der Waals surface area contributed by atoms with E-state index in [1.165, 1.54) is 31.2 Å². The summed E-state index contributed by atoms with van der Waals surface area (Å²) in [6.07, 6.45) is 7.13. The number of nitrogens with zero attached hydrogens (tertiary/aromatic N) is 3. The molecule has 154 valence electrons. The quantitative estimate of drug-likeness (QED) is 0.582. The first-order chi connectivity index (χ1) is 13.6. The maximum Gasteiger partial charge on any atom is 0.243 e. The van der Waals surface area contributed by atoms with Crippen molar-refractivity contribution in [1.82, 2.24) is 20.4 Å². The van der Waals surface area contributed by atoms with E-state index in [4.69, 9.17) is 0 Å². The highest BCUT2D eigenvalue weighted by atomic mass is 16.2. The predicted octanol–water partition coefficient (Wildman–Crippen LogP) is 2.22. The second-order valence-corrected chi connectivity index (χ2v) is 8.26. The minimum atomic E-state index is 0.0326. The lowest BCUT2D eigenvalue weighted by atomic mass is 10.0. The van der Waals surface area contributed by atoms with Crippen LogP contribution in [0.3, 0.4) is 0 Å². The van der Waals surface area contributed by atoms with Crippen molar-refractivity contribution >= 4 is 11.9 Å². The van der Waals surface area contributed by atoms with E-state index in [2.05, 4.69) is 50.9 Å². The Balaban J connectivity index is 1.50.